The van der Waals surface area contributed by atoms with Crippen LogP contribution in [-0.2, 0) is 10.1 Å². The number of fused-ring (bicyclic) bond motifs is 2. The van der Waals surface area contributed by atoms with E-state index in [0.717, 1.165) is 6.07 Å². The number of nitrogens with one attached hydrogen (secondary N) is 1. The molecule has 0 saturated heterocycles. The summed E-state index contributed by atoms with van der Waals surface area (Å²) in [5.74, 6) is -0.997. The second kappa shape index (κ2) is 6.30. The number of anilines is 2. The Bertz CT molecular complexity index is 986. The Labute approximate surface area is 160 Å². The summed E-state index contributed by atoms with van der Waals surface area (Å²) in [6, 6.07) is 7.26. The predicted octanol–water partition coefficient (Wildman–Crippen LogP) is 0.952. The summed E-state index contributed by atoms with van der Waals surface area (Å²) in [5.41, 5.74) is 5.61. The van der Waals surface area contributed by atoms with Gasteiger partial charge in [-0.3, -0.25) is 14.1 Å². The Hall–Kier alpha value is -1.71. The fourth-order valence-corrected chi connectivity index (χ4v) is 3.35. The maximum atomic E-state index is 12.7. The summed E-state index contributed by atoms with van der Waals surface area (Å²) in [6.45, 7) is 0. The van der Waals surface area contributed by atoms with Gasteiger partial charge in [0.05, 0.1) is 16.8 Å². The fraction of sp³-hybridized carbons (Fsp3) is 0.0667. The largest absolute Gasteiger partial charge is 0.397 e. The monoisotopic (exact) mass is 355 g/mol. The summed E-state index contributed by atoms with van der Waals surface area (Å²) < 4.78 is 32.3. The third-order valence-corrected chi connectivity index (χ3v) is 4.64. The number of hydrogen-bond donors (Lipinski definition) is 3. The van der Waals surface area contributed by atoms with Gasteiger partial charge >= 0.3 is 0 Å². The Balaban J connectivity index is 0.00000208. The quantitative estimate of drug-likeness (QED) is 0.355. The molecule has 1 aliphatic rings. The third-order valence-electron chi connectivity index (χ3n) is 3.75. The van der Waals surface area contributed by atoms with E-state index < -0.39 is 32.3 Å². The van der Waals surface area contributed by atoms with E-state index in [2.05, 4.69) is 5.32 Å². The van der Waals surface area contributed by atoms with E-state index in [1.165, 1.54) is 19.2 Å². The standard InChI is InChI=1S/C15H12N2O5S.Na/c1-17-9-6-10(23(20,21)22)13(16)12-11(9)14(18)7-4-2-3-5-8(7)15(12)19;/h2-6,17H,16H2,1H3,(H,20,21,22);. The van der Waals surface area contributed by atoms with Crippen molar-refractivity contribution in [2.75, 3.05) is 18.1 Å². The van der Waals surface area contributed by atoms with Crippen LogP contribution in [-0.4, -0.2) is 61.1 Å². The maximum Gasteiger partial charge on any atom is 0.296 e. The minimum Gasteiger partial charge on any atom is -0.397 e. The van der Waals surface area contributed by atoms with E-state index in [-0.39, 0.29) is 57.5 Å². The zero-order chi connectivity index (χ0) is 16.9. The first-order valence-electron chi connectivity index (χ1n) is 6.57. The first-order valence-corrected chi connectivity index (χ1v) is 8.01. The smallest absolute Gasteiger partial charge is 0.296 e. The molecular weight excluding hydrogens is 343 g/mol. The molecule has 0 bridgehead atoms. The van der Waals surface area contributed by atoms with Gasteiger partial charge in [0.2, 0.25) is 0 Å². The number of rotatable bonds is 2. The van der Waals surface area contributed by atoms with Gasteiger partial charge in [-0.15, -0.1) is 0 Å². The number of hydrogen-bond acceptors (Lipinski definition) is 6. The van der Waals surface area contributed by atoms with Crippen molar-refractivity contribution in [1.82, 2.24) is 0 Å². The van der Waals surface area contributed by atoms with Crippen LogP contribution >= 0.6 is 0 Å². The summed E-state index contributed by atoms with van der Waals surface area (Å²) >= 11 is 0. The Kier molecular flexibility index (Phi) is 4.89. The van der Waals surface area contributed by atoms with Crippen molar-refractivity contribution >= 4 is 62.6 Å². The van der Waals surface area contributed by atoms with E-state index in [1.54, 1.807) is 12.1 Å². The zero-order valence-electron chi connectivity index (χ0n) is 13.0. The van der Waals surface area contributed by atoms with Gasteiger partial charge < -0.3 is 11.1 Å². The maximum absolute atomic E-state index is 12.7. The van der Waals surface area contributed by atoms with Gasteiger partial charge in [-0.2, -0.15) is 8.42 Å². The fourth-order valence-electron chi connectivity index (χ4n) is 2.70. The summed E-state index contributed by atoms with van der Waals surface area (Å²) in [4.78, 5) is 24.8. The van der Waals surface area contributed by atoms with Crippen LogP contribution in [0.15, 0.2) is 35.2 Å². The van der Waals surface area contributed by atoms with Crippen LogP contribution in [0.5, 0.6) is 0 Å². The molecule has 0 fully saturated rings. The van der Waals surface area contributed by atoms with Crippen molar-refractivity contribution in [3.63, 3.8) is 0 Å². The molecule has 1 aliphatic carbocycles. The average molecular weight is 355 g/mol. The van der Waals surface area contributed by atoms with E-state index in [9.17, 15) is 22.6 Å². The van der Waals surface area contributed by atoms with Crippen molar-refractivity contribution in [2.45, 2.75) is 4.90 Å². The number of ketones is 2. The molecule has 0 spiro atoms. The van der Waals surface area contributed by atoms with Gasteiger partial charge in [-0.25, -0.2) is 0 Å². The van der Waals surface area contributed by atoms with Crippen LogP contribution in [0.4, 0.5) is 11.4 Å². The average Bonchev–Trinajstić information content (AvgIpc) is 2.51. The summed E-state index contributed by atoms with van der Waals surface area (Å²) in [6.07, 6.45) is 0. The van der Waals surface area contributed by atoms with E-state index in [4.69, 9.17) is 5.73 Å². The second-order valence-corrected chi connectivity index (χ2v) is 6.40. The van der Waals surface area contributed by atoms with Crippen molar-refractivity contribution in [3.8, 4) is 0 Å². The predicted molar refractivity (Wildman–Crippen MR) is 89.3 cm³/mol. The molecule has 2 aromatic rings. The van der Waals surface area contributed by atoms with Crippen LogP contribution in [0, 0.1) is 0 Å². The minimum absolute atomic E-state index is 0. The van der Waals surface area contributed by atoms with Gasteiger partial charge in [0.15, 0.2) is 11.6 Å². The Morgan fingerprint density at radius 3 is 2.00 bits per heavy atom. The van der Waals surface area contributed by atoms with Gasteiger partial charge in [-0.1, -0.05) is 24.3 Å². The van der Waals surface area contributed by atoms with Crippen LogP contribution in [0.2, 0.25) is 0 Å². The normalized spacial score (nSPS) is 12.9. The number of benzene rings is 2. The molecule has 3 rings (SSSR count). The van der Waals surface area contributed by atoms with Crippen molar-refractivity contribution < 1.29 is 22.6 Å². The van der Waals surface area contributed by atoms with E-state index in [0.29, 0.717) is 0 Å². The molecule has 0 heterocycles. The molecule has 0 amide bonds. The van der Waals surface area contributed by atoms with E-state index in [1.807, 2.05) is 0 Å². The van der Waals surface area contributed by atoms with Crippen LogP contribution in [0.25, 0.3) is 0 Å². The molecule has 2 aromatic carbocycles. The molecular formula is C15H12N2NaO5S. The molecule has 7 nitrogen and oxygen atoms in total. The van der Waals surface area contributed by atoms with Crippen molar-refractivity contribution in [1.29, 1.82) is 0 Å². The first-order chi connectivity index (χ1) is 10.8. The van der Waals surface area contributed by atoms with E-state index >= 15 is 0 Å². The van der Waals surface area contributed by atoms with Gasteiger partial charge in [0.1, 0.15) is 4.90 Å². The zero-order valence-corrected chi connectivity index (χ0v) is 15.8. The topological polar surface area (TPSA) is 127 Å². The van der Waals surface area contributed by atoms with Crippen LogP contribution in [0.1, 0.15) is 31.8 Å². The molecule has 119 valence electrons. The molecule has 0 unspecified atom stereocenters. The van der Waals surface area contributed by atoms with Crippen molar-refractivity contribution in [2.24, 2.45) is 0 Å². The first kappa shape index (κ1) is 18.6. The van der Waals surface area contributed by atoms with Gasteiger partial charge in [0.25, 0.3) is 10.1 Å². The third kappa shape index (κ3) is 2.66. The van der Waals surface area contributed by atoms with Crippen molar-refractivity contribution in [3.05, 3.63) is 52.6 Å². The summed E-state index contributed by atoms with van der Waals surface area (Å²) in [5, 5.41) is 2.67. The summed E-state index contributed by atoms with van der Waals surface area (Å²) in [7, 11) is -3.18. The van der Waals surface area contributed by atoms with Crippen LogP contribution in [0.3, 0.4) is 0 Å². The molecule has 0 aromatic heterocycles. The van der Waals surface area contributed by atoms with Gasteiger partial charge in [0, 0.05) is 53.4 Å². The van der Waals surface area contributed by atoms with Crippen LogP contribution < -0.4 is 11.1 Å². The number of carbonyl (C=O) groups is 2. The SMILES string of the molecule is CNc1cc(S(=O)(=O)O)c(N)c2c1C(=O)c1ccccc1C2=O.[Na]. The second-order valence-electron chi connectivity index (χ2n) is 5.01. The molecule has 0 aliphatic heterocycles. The van der Waals surface area contributed by atoms with Gasteiger partial charge in [-0.05, 0) is 6.07 Å². The number of nitrogen functional groups attached to an aromatic ring is 1. The Morgan fingerprint density at radius 1 is 1.04 bits per heavy atom. The molecule has 0 atom stereocenters. The number of nitrogens with two attached hydrogens (primary N) is 1. The molecule has 0 saturated carbocycles. The Morgan fingerprint density at radius 2 is 1.54 bits per heavy atom. The molecule has 1 radical (unpaired) electrons. The molecule has 24 heavy (non-hydrogen) atoms. The minimum atomic E-state index is -4.65. The molecule has 9 heteroatoms. The number of carbonyl (C=O) groups excluding carboxylic acids is 2. The molecule has 4 N–H and O–H groups in total.